The quantitative estimate of drug-likeness (QED) is 0.679. The summed E-state index contributed by atoms with van der Waals surface area (Å²) in [4.78, 5) is 4.27. The highest BCUT2D eigenvalue weighted by molar-refractivity contribution is 5.40. The molecule has 0 fully saturated rings. The lowest BCUT2D eigenvalue weighted by Gasteiger charge is -2.01. The molecule has 1 heterocycles. The van der Waals surface area contributed by atoms with E-state index in [4.69, 9.17) is 4.74 Å². The second-order valence-electron chi connectivity index (χ2n) is 3.51. The average molecular weight is 223 g/mol. The topological polar surface area (TPSA) is 39.1 Å². The standard InChI is InChI=1S/C12H21N3O/c1-3-15-10-8-14-12(15)6-4-5-7-13-9-11-16-2/h4,6,8,10,13H,3,5,7,9,11H2,1-2H3. The first-order chi connectivity index (χ1) is 7.88. The van der Waals surface area contributed by atoms with Gasteiger partial charge in [0.25, 0.3) is 0 Å². The lowest BCUT2D eigenvalue weighted by atomic mass is 10.3. The van der Waals surface area contributed by atoms with Crippen molar-refractivity contribution in [3.8, 4) is 0 Å². The maximum absolute atomic E-state index is 4.94. The van der Waals surface area contributed by atoms with Crippen molar-refractivity contribution in [3.05, 3.63) is 24.3 Å². The van der Waals surface area contributed by atoms with Gasteiger partial charge < -0.3 is 14.6 Å². The summed E-state index contributed by atoms with van der Waals surface area (Å²) in [6.45, 7) is 5.74. The van der Waals surface area contributed by atoms with Gasteiger partial charge in [-0.25, -0.2) is 4.98 Å². The summed E-state index contributed by atoms with van der Waals surface area (Å²) in [6, 6.07) is 0. The third-order valence-electron chi connectivity index (χ3n) is 2.33. The van der Waals surface area contributed by atoms with Crippen LogP contribution in [0, 0.1) is 0 Å². The Kier molecular flexibility index (Phi) is 6.53. The van der Waals surface area contributed by atoms with E-state index in [1.165, 1.54) is 0 Å². The Morgan fingerprint density at radius 2 is 2.38 bits per heavy atom. The molecule has 1 rings (SSSR count). The predicted molar refractivity (Wildman–Crippen MR) is 66.3 cm³/mol. The first-order valence-electron chi connectivity index (χ1n) is 5.75. The summed E-state index contributed by atoms with van der Waals surface area (Å²) in [7, 11) is 1.71. The second-order valence-corrected chi connectivity index (χ2v) is 3.51. The largest absolute Gasteiger partial charge is 0.383 e. The Morgan fingerprint density at radius 1 is 1.50 bits per heavy atom. The molecule has 90 valence electrons. The van der Waals surface area contributed by atoms with Gasteiger partial charge in [-0.05, 0) is 26.0 Å². The summed E-state index contributed by atoms with van der Waals surface area (Å²) >= 11 is 0. The fraction of sp³-hybridized carbons (Fsp3) is 0.583. The third kappa shape index (κ3) is 4.59. The molecule has 0 radical (unpaired) electrons. The fourth-order valence-electron chi connectivity index (χ4n) is 1.42. The van der Waals surface area contributed by atoms with E-state index in [-0.39, 0.29) is 0 Å². The van der Waals surface area contributed by atoms with Crippen LogP contribution in [0.1, 0.15) is 19.2 Å². The maximum Gasteiger partial charge on any atom is 0.132 e. The second kappa shape index (κ2) is 8.07. The van der Waals surface area contributed by atoms with E-state index < -0.39 is 0 Å². The number of ether oxygens (including phenoxy) is 1. The van der Waals surface area contributed by atoms with E-state index >= 15 is 0 Å². The molecule has 0 aliphatic rings. The number of imidazole rings is 1. The van der Waals surface area contributed by atoms with Crippen molar-refractivity contribution in [2.24, 2.45) is 0 Å². The molecule has 16 heavy (non-hydrogen) atoms. The zero-order chi connectivity index (χ0) is 11.6. The van der Waals surface area contributed by atoms with Crippen LogP contribution in [0.25, 0.3) is 6.08 Å². The normalized spacial score (nSPS) is 11.4. The first kappa shape index (κ1) is 12.9. The smallest absolute Gasteiger partial charge is 0.132 e. The van der Waals surface area contributed by atoms with Crippen molar-refractivity contribution in [1.82, 2.24) is 14.9 Å². The number of rotatable bonds is 8. The molecule has 0 unspecified atom stereocenters. The highest BCUT2D eigenvalue weighted by atomic mass is 16.5. The van der Waals surface area contributed by atoms with E-state index in [1.807, 2.05) is 12.4 Å². The molecule has 0 amide bonds. The van der Waals surface area contributed by atoms with Gasteiger partial charge in [0.1, 0.15) is 5.82 Å². The minimum absolute atomic E-state index is 0.768. The molecule has 0 aliphatic carbocycles. The molecule has 1 N–H and O–H groups in total. The van der Waals surface area contributed by atoms with E-state index in [9.17, 15) is 0 Å². The van der Waals surface area contributed by atoms with Crippen molar-refractivity contribution >= 4 is 6.08 Å². The summed E-state index contributed by atoms with van der Waals surface area (Å²) in [5.41, 5.74) is 0. The molecule has 1 aromatic heterocycles. The van der Waals surface area contributed by atoms with Crippen molar-refractivity contribution in [2.45, 2.75) is 19.9 Å². The summed E-state index contributed by atoms with van der Waals surface area (Å²) < 4.78 is 7.06. The van der Waals surface area contributed by atoms with Crippen molar-refractivity contribution in [1.29, 1.82) is 0 Å². The number of nitrogens with zero attached hydrogens (tertiary/aromatic N) is 2. The summed E-state index contributed by atoms with van der Waals surface area (Å²) in [5.74, 6) is 1.03. The number of hydrogen-bond acceptors (Lipinski definition) is 3. The van der Waals surface area contributed by atoms with Gasteiger partial charge in [0.05, 0.1) is 6.61 Å². The Labute approximate surface area is 97.3 Å². The lowest BCUT2D eigenvalue weighted by molar-refractivity contribution is 0.199. The number of hydrogen-bond donors (Lipinski definition) is 1. The van der Waals surface area contributed by atoms with Gasteiger partial charge in [0.2, 0.25) is 0 Å². The monoisotopic (exact) mass is 223 g/mol. The van der Waals surface area contributed by atoms with Crippen LogP contribution in [0.4, 0.5) is 0 Å². The molecule has 0 spiro atoms. The maximum atomic E-state index is 4.94. The van der Waals surface area contributed by atoms with Crippen LogP contribution >= 0.6 is 0 Å². The van der Waals surface area contributed by atoms with E-state index in [2.05, 4.69) is 33.9 Å². The van der Waals surface area contributed by atoms with E-state index in [1.54, 1.807) is 7.11 Å². The minimum atomic E-state index is 0.768. The van der Waals surface area contributed by atoms with Crippen molar-refractivity contribution in [3.63, 3.8) is 0 Å². The molecule has 0 atom stereocenters. The Morgan fingerprint density at radius 3 is 3.12 bits per heavy atom. The zero-order valence-electron chi connectivity index (χ0n) is 10.1. The fourth-order valence-corrected chi connectivity index (χ4v) is 1.42. The van der Waals surface area contributed by atoms with E-state index in [0.717, 1.165) is 38.5 Å². The number of aryl methyl sites for hydroxylation is 1. The van der Waals surface area contributed by atoms with Gasteiger partial charge in [-0.2, -0.15) is 0 Å². The highest BCUT2D eigenvalue weighted by Crippen LogP contribution is 2.00. The van der Waals surface area contributed by atoms with Crippen molar-refractivity contribution < 1.29 is 4.74 Å². The molecule has 4 heteroatoms. The summed E-state index contributed by atoms with van der Waals surface area (Å²) in [6.07, 6.45) is 9.06. The molecule has 0 bridgehead atoms. The van der Waals surface area contributed by atoms with Crippen LogP contribution in [0.5, 0.6) is 0 Å². The lowest BCUT2D eigenvalue weighted by Crippen LogP contribution is -2.19. The zero-order valence-corrected chi connectivity index (χ0v) is 10.1. The van der Waals surface area contributed by atoms with Crippen LogP contribution < -0.4 is 5.32 Å². The SMILES string of the molecule is CCn1ccnc1C=CCCNCCOC. The molecule has 0 aliphatic heterocycles. The molecular weight excluding hydrogens is 202 g/mol. The average Bonchev–Trinajstić information content (AvgIpc) is 2.75. The number of aromatic nitrogens is 2. The van der Waals surface area contributed by atoms with Gasteiger partial charge >= 0.3 is 0 Å². The van der Waals surface area contributed by atoms with Crippen LogP contribution in [0.2, 0.25) is 0 Å². The summed E-state index contributed by atoms with van der Waals surface area (Å²) in [5, 5.41) is 3.29. The first-order valence-corrected chi connectivity index (χ1v) is 5.75. The number of nitrogens with one attached hydrogen (secondary N) is 1. The molecule has 1 aromatic rings. The molecule has 4 nitrogen and oxygen atoms in total. The predicted octanol–water partition coefficient (Wildman–Crippen LogP) is 1.54. The van der Waals surface area contributed by atoms with Gasteiger partial charge in [-0.1, -0.05) is 6.08 Å². The molecule has 0 saturated heterocycles. The van der Waals surface area contributed by atoms with Gasteiger partial charge in [0, 0.05) is 32.6 Å². The van der Waals surface area contributed by atoms with Crippen LogP contribution in [-0.4, -0.2) is 36.4 Å². The molecule has 0 aromatic carbocycles. The van der Waals surface area contributed by atoms with Gasteiger partial charge in [0.15, 0.2) is 0 Å². The highest BCUT2D eigenvalue weighted by Gasteiger charge is 1.94. The van der Waals surface area contributed by atoms with E-state index in [0.29, 0.717) is 0 Å². The van der Waals surface area contributed by atoms with Crippen molar-refractivity contribution in [2.75, 3.05) is 26.8 Å². The van der Waals surface area contributed by atoms with Crippen LogP contribution in [0.3, 0.4) is 0 Å². The van der Waals surface area contributed by atoms with Gasteiger partial charge in [-0.3, -0.25) is 0 Å². The Balaban J connectivity index is 2.17. The minimum Gasteiger partial charge on any atom is -0.383 e. The van der Waals surface area contributed by atoms with Crippen LogP contribution in [0.15, 0.2) is 18.5 Å². The number of methoxy groups -OCH3 is 1. The third-order valence-corrected chi connectivity index (χ3v) is 2.33. The van der Waals surface area contributed by atoms with Gasteiger partial charge in [-0.15, -0.1) is 0 Å². The molecular formula is C12H21N3O. The molecule has 0 saturated carbocycles. The van der Waals surface area contributed by atoms with Crippen LogP contribution in [-0.2, 0) is 11.3 Å². The Hall–Kier alpha value is -1.13. The Bertz CT molecular complexity index is 307.